The van der Waals surface area contributed by atoms with Crippen molar-refractivity contribution in [3.63, 3.8) is 0 Å². The van der Waals surface area contributed by atoms with Crippen molar-refractivity contribution in [3.05, 3.63) is 28.4 Å². The van der Waals surface area contributed by atoms with Crippen LogP contribution in [0.15, 0.2) is 23.4 Å². The summed E-state index contributed by atoms with van der Waals surface area (Å²) in [5.74, 6) is 0.782. The molecular formula is C9H10N2O3S. The quantitative estimate of drug-likeness (QED) is 0.436. The Morgan fingerprint density at radius 2 is 2.33 bits per heavy atom. The standard InChI is InChI=1S/C9H10N2O3S/c1-7(12)4-5-15-9-3-2-8(6-10-9)11(13)14/h2-3,6H,4-5H2,1H3. The number of pyridine rings is 1. The van der Waals surface area contributed by atoms with Gasteiger partial charge in [-0.05, 0) is 13.0 Å². The molecule has 0 unspecified atom stereocenters. The van der Waals surface area contributed by atoms with Crippen molar-refractivity contribution < 1.29 is 9.72 Å². The number of nitro groups is 1. The van der Waals surface area contributed by atoms with E-state index in [1.54, 1.807) is 6.07 Å². The van der Waals surface area contributed by atoms with Gasteiger partial charge < -0.3 is 0 Å². The molecule has 1 rings (SSSR count). The summed E-state index contributed by atoms with van der Waals surface area (Å²) in [6.07, 6.45) is 1.71. The van der Waals surface area contributed by atoms with Gasteiger partial charge in [-0.3, -0.25) is 14.9 Å². The minimum absolute atomic E-state index is 0.0223. The lowest BCUT2D eigenvalue weighted by atomic mass is 10.4. The fourth-order valence-electron chi connectivity index (χ4n) is 0.865. The molecule has 0 bridgehead atoms. The highest BCUT2D eigenvalue weighted by molar-refractivity contribution is 7.99. The maximum atomic E-state index is 10.7. The maximum absolute atomic E-state index is 10.7. The molecule has 0 aromatic carbocycles. The zero-order valence-electron chi connectivity index (χ0n) is 8.17. The molecule has 0 atom stereocenters. The van der Waals surface area contributed by atoms with E-state index in [0.717, 1.165) is 0 Å². The number of hydrogen-bond acceptors (Lipinski definition) is 5. The van der Waals surface area contributed by atoms with E-state index in [4.69, 9.17) is 0 Å². The first-order chi connectivity index (χ1) is 7.09. The normalized spacial score (nSPS) is 9.93. The molecule has 0 aliphatic heterocycles. The molecule has 0 spiro atoms. The molecular weight excluding hydrogens is 216 g/mol. The van der Waals surface area contributed by atoms with Crippen molar-refractivity contribution in [2.75, 3.05) is 5.75 Å². The summed E-state index contributed by atoms with van der Waals surface area (Å²) in [6, 6.07) is 2.99. The van der Waals surface area contributed by atoms with Crippen LogP contribution in [0.5, 0.6) is 0 Å². The van der Waals surface area contributed by atoms with Crippen molar-refractivity contribution in [2.24, 2.45) is 0 Å². The number of Topliss-reactive ketones (excluding diaryl/α,β-unsaturated/α-hetero) is 1. The zero-order valence-corrected chi connectivity index (χ0v) is 8.99. The van der Waals surface area contributed by atoms with Crippen LogP contribution in [0.2, 0.25) is 0 Å². The van der Waals surface area contributed by atoms with E-state index in [-0.39, 0.29) is 11.5 Å². The molecule has 0 amide bonds. The number of ketones is 1. The number of carbonyl (C=O) groups excluding carboxylic acids is 1. The number of aromatic nitrogens is 1. The summed E-state index contributed by atoms with van der Waals surface area (Å²) < 4.78 is 0. The fraction of sp³-hybridized carbons (Fsp3) is 0.333. The Hall–Kier alpha value is -1.43. The summed E-state index contributed by atoms with van der Waals surface area (Å²) in [6.45, 7) is 1.53. The third-order valence-electron chi connectivity index (χ3n) is 1.64. The van der Waals surface area contributed by atoms with Crippen LogP contribution in [0, 0.1) is 10.1 Å². The van der Waals surface area contributed by atoms with Crippen molar-refractivity contribution in [2.45, 2.75) is 18.4 Å². The van der Waals surface area contributed by atoms with Gasteiger partial charge in [0.1, 0.15) is 12.0 Å². The molecule has 0 aliphatic carbocycles. The number of hydrogen-bond donors (Lipinski definition) is 0. The predicted molar refractivity (Wildman–Crippen MR) is 56.9 cm³/mol. The van der Waals surface area contributed by atoms with Gasteiger partial charge in [0.25, 0.3) is 5.69 Å². The number of rotatable bonds is 5. The number of carbonyl (C=O) groups is 1. The van der Waals surface area contributed by atoms with Gasteiger partial charge in [0.15, 0.2) is 0 Å². The van der Waals surface area contributed by atoms with E-state index in [1.165, 1.54) is 30.9 Å². The lowest BCUT2D eigenvalue weighted by Gasteiger charge is -1.98. The van der Waals surface area contributed by atoms with Gasteiger partial charge in [-0.25, -0.2) is 4.98 Å². The highest BCUT2D eigenvalue weighted by Gasteiger charge is 2.05. The first-order valence-electron chi connectivity index (χ1n) is 4.32. The topological polar surface area (TPSA) is 73.1 Å². The average molecular weight is 226 g/mol. The smallest absolute Gasteiger partial charge is 0.287 e. The Labute approximate surface area is 91.0 Å². The summed E-state index contributed by atoms with van der Waals surface area (Å²) in [7, 11) is 0. The first kappa shape index (κ1) is 11.6. The Morgan fingerprint density at radius 1 is 1.60 bits per heavy atom. The first-order valence-corrected chi connectivity index (χ1v) is 5.31. The van der Waals surface area contributed by atoms with Crippen molar-refractivity contribution in [1.29, 1.82) is 0 Å². The monoisotopic (exact) mass is 226 g/mol. The molecule has 80 valence electrons. The van der Waals surface area contributed by atoms with Crippen molar-refractivity contribution in [3.8, 4) is 0 Å². The van der Waals surface area contributed by atoms with E-state index in [0.29, 0.717) is 17.2 Å². The fourth-order valence-corrected chi connectivity index (χ4v) is 1.76. The van der Waals surface area contributed by atoms with E-state index in [9.17, 15) is 14.9 Å². The summed E-state index contributed by atoms with van der Waals surface area (Å²) >= 11 is 1.41. The molecule has 0 fully saturated rings. The van der Waals surface area contributed by atoms with Crippen LogP contribution >= 0.6 is 11.8 Å². The van der Waals surface area contributed by atoms with Crippen LogP contribution in [-0.4, -0.2) is 21.4 Å². The molecule has 1 heterocycles. The van der Waals surface area contributed by atoms with Gasteiger partial charge in [-0.2, -0.15) is 0 Å². The summed E-state index contributed by atoms with van der Waals surface area (Å²) in [5.41, 5.74) is -0.0223. The molecule has 0 saturated carbocycles. The number of thioether (sulfide) groups is 1. The summed E-state index contributed by atoms with van der Waals surface area (Å²) in [5, 5.41) is 11.0. The third-order valence-corrected chi connectivity index (χ3v) is 2.58. The van der Waals surface area contributed by atoms with Gasteiger partial charge in [-0.15, -0.1) is 11.8 Å². The van der Waals surface area contributed by atoms with E-state index >= 15 is 0 Å². The van der Waals surface area contributed by atoms with Crippen molar-refractivity contribution in [1.82, 2.24) is 4.98 Å². The van der Waals surface area contributed by atoms with Crippen molar-refractivity contribution >= 4 is 23.2 Å². The van der Waals surface area contributed by atoms with Crippen LogP contribution in [0.25, 0.3) is 0 Å². The lowest BCUT2D eigenvalue weighted by molar-refractivity contribution is -0.385. The van der Waals surface area contributed by atoms with Gasteiger partial charge >= 0.3 is 0 Å². The minimum Gasteiger partial charge on any atom is -0.300 e. The van der Waals surface area contributed by atoms with Gasteiger partial charge in [0, 0.05) is 18.2 Å². The maximum Gasteiger partial charge on any atom is 0.287 e. The van der Waals surface area contributed by atoms with Crippen LogP contribution in [0.3, 0.4) is 0 Å². The molecule has 1 aromatic rings. The van der Waals surface area contributed by atoms with E-state index < -0.39 is 4.92 Å². The van der Waals surface area contributed by atoms with Gasteiger partial charge in [0.05, 0.1) is 9.95 Å². The molecule has 0 saturated heterocycles. The van der Waals surface area contributed by atoms with Crippen LogP contribution in [-0.2, 0) is 4.79 Å². The molecule has 6 heteroatoms. The van der Waals surface area contributed by atoms with Crippen LogP contribution in [0.1, 0.15) is 13.3 Å². The van der Waals surface area contributed by atoms with Gasteiger partial charge in [-0.1, -0.05) is 0 Å². The molecule has 15 heavy (non-hydrogen) atoms. The third kappa shape index (κ3) is 4.07. The second kappa shape index (κ2) is 5.45. The molecule has 0 radical (unpaired) electrons. The lowest BCUT2D eigenvalue weighted by Crippen LogP contribution is -1.93. The largest absolute Gasteiger partial charge is 0.300 e. The van der Waals surface area contributed by atoms with E-state index in [2.05, 4.69) is 4.98 Å². The summed E-state index contributed by atoms with van der Waals surface area (Å²) in [4.78, 5) is 24.4. The number of nitrogens with zero attached hydrogens (tertiary/aromatic N) is 2. The molecule has 0 N–H and O–H groups in total. The van der Waals surface area contributed by atoms with Crippen LogP contribution < -0.4 is 0 Å². The molecule has 5 nitrogen and oxygen atoms in total. The second-order valence-corrected chi connectivity index (χ2v) is 4.03. The van der Waals surface area contributed by atoms with E-state index in [1.807, 2.05) is 0 Å². The highest BCUT2D eigenvalue weighted by Crippen LogP contribution is 2.18. The van der Waals surface area contributed by atoms with Crippen LogP contribution in [0.4, 0.5) is 5.69 Å². The SMILES string of the molecule is CC(=O)CCSc1ccc([N+](=O)[O-])cn1. The molecule has 1 aromatic heterocycles. The van der Waals surface area contributed by atoms with Gasteiger partial charge in [0.2, 0.25) is 0 Å². The Balaban J connectivity index is 2.50. The minimum atomic E-state index is -0.489. The average Bonchev–Trinajstić information content (AvgIpc) is 2.18. The second-order valence-electron chi connectivity index (χ2n) is 2.91. The highest BCUT2D eigenvalue weighted by atomic mass is 32.2. The Morgan fingerprint density at radius 3 is 2.80 bits per heavy atom. The predicted octanol–water partition coefficient (Wildman–Crippen LogP) is 2.06. The molecule has 0 aliphatic rings. The zero-order chi connectivity index (χ0) is 11.3. The Bertz CT molecular complexity index is 364. The Kier molecular flexibility index (Phi) is 4.23.